The second-order valence-corrected chi connectivity index (χ2v) is 5.85. The molecule has 2 aromatic rings. The summed E-state index contributed by atoms with van der Waals surface area (Å²) in [4.78, 5) is 16.4. The predicted molar refractivity (Wildman–Crippen MR) is 87.7 cm³/mol. The van der Waals surface area contributed by atoms with Gasteiger partial charge in [0.15, 0.2) is 11.5 Å². The van der Waals surface area contributed by atoms with Gasteiger partial charge in [0, 0.05) is 18.0 Å². The molecule has 1 aromatic carbocycles. The Morgan fingerprint density at radius 2 is 1.95 bits per heavy atom. The van der Waals surface area contributed by atoms with E-state index >= 15 is 0 Å². The first-order chi connectivity index (χ1) is 10.6. The van der Waals surface area contributed by atoms with E-state index in [4.69, 9.17) is 9.47 Å². The lowest BCUT2D eigenvalue weighted by Crippen LogP contribution is -2.22. The van der Waals surface area contributed by atoms with Crippen molar-refractivity contribution >= 4 is 23.4 Å². The van der Waals surface area contributed by atoms with Gasteiger partial charge in [-0.3, -0.25) is 4.79 Å². The van der Waals surface area contributed by atoms with Crippen LogP contribution in [0.3, 0.4) is 0 Å². The van der Waals surface area contributed by atoms with Crippen molar-refractivity contribution < 1.29 is 14.3 Å². The lowest BCUT2D eigenvalue weighted by Gasteiger charge is -2.13. The highest BCUT2D eigenvalue weighted by Crippen LogP contribution is 2.30. The molecule has 0 aliphatic carbocycles. The lowest BCUT2D eigenvalue weighted by molar-refractivity contribution is -0.115. The predicted octanol–water partition coefficient (Wildman–Crippen LogP) is 3.22. The van der Waals surface area contributed by atoms with E-state index in [1.54, 1.807) is 38.6 Å². The van der Waals surface area contributed by atoms with Crippen molar-refractivity contribution in [1.82, 2.24) is 4.98 Å². The van der Waals surface area contributed by atoms with Gasteiger partial charge in [-0.2, -0.15) is 0 Å². The summed E-state index contributed by atoms with van der Waals surface area (Å²) in [6.45, 7) is 1.84. The number of aromatic nitrogens is 1. The van der Waals surface area contributed by atoms with Crippen LogP contribution in [0.1, 0.15) is 6.92 Å². The Labute approximate surface area is 134 Å². The second kappa shape index (κ2) is 7.70. The molecular weight excluding hydrogens is 300 g/mol. The average Bonchev–Trinajstić information content (AvgIpc) is 2.55. The molecule has 0 fully saturated rings. The fourth-order valence-corrected chi connectivity index (χ4v) is 2.62. The van der Waals surface area contributed by atoms with Gasteiger partial charge in [-0.1, -0.05) is 17.8 Å². The minimum Gasteiger partial charge on any atom is -0.493 e. The Balaban J connectivity index is 2.02. The molecule has 1 atom stereocenters. The minimum atomic E-state index is -0.261. The summed E-state index contributed by atoms with van der Waals surface area (Å²) in [5, 5.41) is 3.42. The molecule has 0 bridgehead atoms. The molecule has 0 aliphatic heterocycles. The van der Waals surface area contributed by atoms with E-state index in [0.29, 0.717) is 17.2 Å². The van der Waals surface area contributed by atoms with Crippen LogP contribution in [-0.4, -0.2) is 30.4 Å². The molecule has 1 heterocycles. The number of nitrogens with one attached hydrogen (secondary N) is 1. The fraction of sp³-hybridized carbons (Fsp3) is 0.250. The maximum atomic E-state index is 12.2. The van der Waals surface area contributed by atoms with Crippen LogP contribution < -0.4 is 14.8 Å². The molecule has 1 amide bonds. The molecule has 0 saturated carbocycles. The van der Waals surface area contributed by atoms with Gasteiger partial charge >= 0.3 is 0 Å². The van der Waals surface area contributed by atoms with Gasteiger partial charge < -0.3 is 14.8 Å². The van der Waals surface area contributed by atoms with Crippen LogP contribution >= 0.6 is 11.8 Å². The van der Waals surface area contributed by atoms with Gasteiger partial charge in [0.1, 0.15) is 0 Å². The maximum absolute atomic E-state index is 12.2. The Morgan fingerprint density at radius 3 is 2.59 bits per heavy atom. The van der Waals surface area contributed by atoms with E-state index in [2.05, 4.69) is 10.3 Å². The molecule has 0 unspecified atom stereocenters. The zero-order valence-electron chi connectivity index (χ0n) is 12.7. The highest BCUT2D eigenvalue weighted by atomic mass is 32.2. The van der Waals surface area contributed by atoms with Crippen LogP contribution in [0.4, 0.5) is 5.69 Å². The van der Waals surface area contributed by atoms with E-state index in [0.717, 1.165) is 5.03 Å². The van der Waals surface area contributed by atoms with Crippen LogP contribution in [-0.2, 0) is 4.79 Å². The summed E-state index contributed by atoms with van der Waals surface area (Å²) in [5.41, 5.74) is 0.663. The average molecular weight is 318 g/mol. The molecule has 1 N–H and O–H groups in total. The number of amides is 1. The molecule has 0 radical (unpaired) electrons. The number of hydrogen-bond acceptors (Lipinski definition) is 5. The smallest absolute Gasteiger partial charge is 0.237 e. The number of hydrogen-bond donors (Lipinski definition) is 1. The summed E-state index contributed by atoms with van der Waals surface area (Å²) in [6, 6.07) is 10.9. The minimum absolute atomic E-state index is 0.0946. The van der Waals surface area contributed by atoms with Crippen molar-refractivity contribution in [3.8, 4) is 11.5 Å². The molecule has 6 heteroatoms. The van der Waals surface area contributed by atoms with Gasteiger partial charge in [0.25, 0.3) is 0 Å². The van der Waals surface area contributed by atoms with E-state index in [1.807, 2.05) is 25.1 Å². The van der Waals surface area contributed by atoms with Crippen molar-refractivity contribution in [3.63, 3.8) is 0 Å². The number of methoxy groups -OCH3 is 2. The first kappa shape index (κ1) is 16.2. The Hall–Kier alpha value is -2.21. The number of ether oxygens (including phenoxy) is 2. The third kappa shape index (κ3) is 4.14. The highest BCUT2D eigenvalue weighted by Gasteiger charge is 2.16. The van der Waals surface area contributed by atoms with E-state index in [9.17, 15) is 4.79 Å². The molecule has 0 saturated heterocycles. The van der Waals surface area contributed by atoms with Crippen molar-refractivity contribution in [2.75, 3.05) is 19.5 Å². The van der Waals surface area contributed by atoms with Gasteiger partial charge in [-0.15, -0.1) is 0 Å². The highest BCUT2D eigenvalue weighted by molar-refractivity contribution is 8.00. The van der Waals surface area contributed by atoms with Gasteiger partial charge in [0.05, 0.1) is 24.5 Å². The first-order valence-electron chi connectivity index (χ1n) is 6.74. The third-order valence-electron chi connectivity index (χ3n) is 2.96. The second-order valence-electron chi connectivity index (χ2n) is 4.49. The SMILES string of the molecule is COc1ccc(NC(=O)[C@H](C)Sc2ccccn2)cc1OC. The number of benzene rings is 1. The summed E-state index contributed by atoms with van der Waals surface area (Å²) >= 11 is 1.41. The fourth-order valence-electron chi connectivity index (χ4n) is 1.81. The quantitative estimate of drug-likeness (QED) is 0.829. The van der Waals surface area contributed by atoms with Gasteiger partial charge in [0.2, 0.25) is 5.91 Å². The van der Waals surface area contributed by atoms with Crippen molar-refractivity contribution in [3.05, 3.63) is 42.6 Å². The molecule has 22 heavy (non-hydrogen) atoms. The summed E-state index contributed by atoms with van der Waals surface area (Å²) in [6.07, 6.45) is 1.71. The first-order valence-corrected chi connectivity index (χ1v) is 7.62. The van der Waals surface area contributed by atoms with Crippen molar-refractivity contribution in [2.24, 2.45) is 0 Å². The summed E-state index contributed by atoms with van der Waals surface area (Å²) < 4.78 is 10.4. The van der Waals surface area contributed by atoms with Crippen molar-refractivity contribution in [2.45, 2.75) is 17.2 Å². The zero-order valence-corrected chi connectivity index (χ0v) is 13.5. The molecular formula is C16H18N2O3S. The van der Waals surface area contributed by atoms with Gasteiger partial charge in [-0.25, -0.2) is 4.98 Å². The molecule has 116 valence electrons. The Kier molecular flexibility index (Phi) is 5.66. The maximum Gasteiger partial charge on any atom is 0.237 e. The normalized spacial score (nSPS) is 11.6. The third-order valence-corrected chi connectivity index (χ3v) is 4.01. The summed E-state index contributed by atoms with van der Waals surface area (Å²) in [7, 11) is 3.13. The van der Waals surface area contributed by atoms with Crippen LogP contribution in [0.2, 0.25) is 0 Å². The molecule has 0 spiro atoms. The van der Waals surface area contributed by atoms with Crippen LogP contribution in [0.5, 0.6) is 11.5 Å². The molecule has 5 nitrogen and oxygen atoms in total. The van der Waals surface area contributed by atoms with Crippen LogP contribution in [0.25, 0.3) is 0 Å². The number of pyridine rings is 1. The van der Waals surface area contributed by atoms with Gasteiger partial charge in [-0.05, 0) is 31.2 Å². The molecule has 2 rings (SSSR count). The number of anilines is 1. The van der Waals surface area contributed by atoms with E-state index < -0.39 is 0 Å². The van der Waals surface area contributed by atoms with E-state index in [1.165, 1.54) is 11.8 Å². The molecule has 0 aliphatic rings. The van der Waals surface area contributed by atoms with Crippen molar-refractivity contribution in [1.29, 1.82) is 0 Å². The van der Waals surface area contributed by atoms with Crippen LogP contribution in [0, 0.1) is 0 Å². The standard InChI is InChI=1S/C16H18N2O3S/c1-11(22-15-6-4-5-9-17-15)16(19)18-12-7-8-13(20-2)14(10-12)21-3/h4-11H,1-3H3,(H,18,19)/t11-/m0/s1. The number of carbonyl (C=O) groups excluding carboxylic acids is 1. The van der Waals surface area contributed by atoms with Crippen LogP contribution in [0.15, 0.2) is 47.6 Å². The largest absolute Gasteiger partial charge is 0.493 e. The lowest BCUT2D eigenvalue weighted by atomic mass is 10.2. The zero-order chi connectivity index (χ0) is 15.9. The molecule has 1 aromatic heterocycles. The monoisotopic (exact) mass is 318 g/mol. The number of rotatable bonds is 6. The number of nitrogens with zero attached hydrogens (tertiary/aromatic N) is 1. The summed E-state index contributed by atoms with van der Waals surface area (Å²) in [5.74, 6) is 1.10. The van der Waals surface area contributed by atoms with E-state index in [-0.39, 0.29) is 11.2 Å². The number of thioether (sulfide) groups is 1. The Morgan fingerprint density at radius 1 is 1.18 bits per heavy atom. The number of carbonyl (C=O) groups is 1. The topological polar surface area (TPSA) is 60.5 Å². The Bertz CT molecular complexity index is 635.